The lowest BCUT2D eigenvalue weighted by atomic mass is 9.94. The number of nitrogens with two attached hydrogens (primary N) is 1. The van der Waals surface area contributed by atoms with E-state index in [2.05, 4.69) is 44.4 Å². The van der Waals surface area contributed by atoms with Gasteiger partial charge in [-0.05, 0) is 35.4 Å². The number of aromatic nitrogens is 3. The lowest BCUT2D eigenvalue weighted by molar-refractivity contribution is 0.247. The van der Waals surface area contributed by atoms with Crippen molar-refractivity contribution in [2.45, 2.75) is 18.6 Å². The quantitative estimate of drug-likeness (QED) is 0.455. The molecule has 1 aliphatic rings. The maximum atomic E-state index is 13.2. The van der Waals surface area contributed by atoms with E-state index in [4.69, 9.17) is 5.73 Å². The molecule has 1 saturated heterocycles. The molecule has 0 amide bonds. The third-order valence-corrected chi connectivity index (χ3v) is 6.46. The minimum absolute atomic E-state index is 0.153. The molecule has 1 aromatic heterocycles. The second kappa shape index (κ2) is 10.2. The summed E-state index contributed by atoms with van der Waals surface area (Å²) in [6.07, 6.45) is 2.02. The Kier molecular flexibility index (Phi) is 6.65. The van der Waals surface area contributed by atoms with E-state index in [1.807, 2.05) is 59.4 Å². The van der Waals surface area contributed by atoms with Gasteiger partial charge in [-0.3, -0.25) is 4.90 Å². The summed E-state index contributed by atoms with van der Waals surface area (Å²) >= 11 is 0. The smallest absolute Gasteiger partial charge is 0.123 e. The number of halogens is 1. The van der Waals surface area contributed by atoms with Crippen LogP contribution >= 0.6 is 0 Å². The van der Waals surface area contributed by atoms with E-state index in [9.17, 15) is 4.39 Å². The fraction of sp³-hybridized carbons (Fsp3) is 0.259. The highest BCUT2D eigenvalue weighted by Gasteiger charge is 2.25. The van der Waals surface area contributed by atoms with Crippen molar-refractivity contribution in [1.29, 1.82) is 0 Å². The van der Waals surface area contributed by atoms with Crippen LogP contribution in [-0.4, -0.2) is 46.1 Å². The van der Waals surface area contributed by atoms with E-state index in [0.717, 1.165) is 55.2 Å². The summed E-state index contributed by atoms with van der Waals surface area (Å²) in [5.41, 5.74) is 10.9. The summed E-state index contributed by atoms with van der Waals surface area (Å²) in [4.78, 5) is 4.67. The van der Waals surface area contributed by atoms with Gasteiger partial charge in [0.1, 0.15) is 5.82 Å². The van der Waals surface area contributed by atoms with Gasteiger partial charge in [-0.25, -0.2) is 9.07 Å². The van der Waals surface area contributed by atoms with Gasteiger partial charge in [0.25, 0.3) is 0 Å². The molecule has 0 spiro atoms. The summed E-state index contributed by atoms with van der Waals surface area (Å²) in [5.74, 6) is -0.203. The van der Waals surface area contributed by atoms with Gasteiger partial charge in [0.2, 0.25) is 0 Å². The topological polar surface area (TPSA) is 63.2 Å². The SMILES string of the molecule is N[C@@H](c1ccccc1)[C@@H](c1ccccc1)n1cc(CN2CCN(c3ccc(F)cc3)CC2)nn1. The molecule has 6 nitrogen and oxygen atoms in total. The maximum absolute atomic E-state index is 13.2. The number of benzene rings is 3. The maximum Gasteiger partial charge on any atom is 0.123 e. The van der Waals surface area contributed by atoms with E-state index < -0.39 is 0 Å². The zero-order valence-corrected chi connectivity index (χ0v) is 19.0. The lowest BCUT2D eigenvalue weighted by Crippen LogP contribution is -2.46. The molecule has 2 atom stereocenters. The van der Waals surface area contributed by atoms with Gasteiger partial charge in [-0.15, -0.1) is 5.10 Å². The Morgan fingerprint density at radius 2 is 1.41 bits per heavy atom. The standard InChI is InChI=1S/C27H29FN6/c28-23-11-13-25(14-12-23)33-17-15-32(16-18-33)19-24-20-34(31-30-24)27(22-9-5-2-6-10-22)26(29)21-7-3-1-4-8-21/h1-14,20,26-27H,15-19,29H2/t26-,27+/m0/s1. The number of anilines is 1. The van der Waals surface area contributed by atoms with E-state index >= 15 is 0 Å². The Bertz CT molecular complexity index is 1170. The Morgan fingerprint density at radius 3 is 2.06 bits per heavy atom. The normalized spacial score (nSPS) is 16.4. The predicted molar refractivity (Wildman–Crippen MR) is 132 cm³/mol. The van der Waals surface area contributed by atoms with Gasteiger partial charge in [-0.1, -0.05) is 65.9 Å². The molecule has 0 saturated carbocycles. The average Bonchev–Trinajstić information content (AvgIpc) is 3.34. The van der Waals surface area contributed by atoms with Gasteiger partial charge >= 0.3 is 0 Å². The molecule has 1 fully saturated rings. The van der Waals surface area contributed by atoms with Crippen LogP contribution in [0.5, 0.6) is 0 Å². The molecule has 1 aliphatic heterocycles. The molecule has 2 heterocycles. The van der Waals surface area contributed by atoms with Crippen LogP contribution in [0.4, 0.5) is 10.1 Å². The monoisotopic (exact) mass is 456 g/mol. The fourth-order valence-electron chi connectivity index (χ4n) is 4.60. The van der Waals surface area contributed by atoms with Crippen LogP contribution < -0.4 is 10.6 Å². The van der Waals surface area contributed by atoms with E-state index in [1.165, 1.54) is 12.1 Å². The van der Waals surface area contributed by atoms with Crippen LogP contribution in [0.3, 0.4) is 0 Å². The number of piperazine rings is 1. The van der Waals surface area contributed by atoms with Gasteiger partial charge in [0.15, 0.2) is 0 Å². The third kappa shape index (κ3) is 5.00. The van der Waals surface area contributed by atoms with Crippen molar-refractivity contribution in [1.82, 2.24) is 19.9 Å². The fourth-order valence-corrected chi connectivity index (χ4v) is 4.60. The van der Waals surface area contributed by atoms with Crippen molar-refractivity contribution in [3.05, 3.63) is 114 Å². The Morgan fingerprint density at radius 1 is 0.794 bits per heavy atom. The van der Waals surface area contributed by atoms with Crippen molar-refractivity contribution >= 4 is 5.69 Å². The van der Waals surface area contributed by atoms with Gasteiger partial charge < -0.3 is 10.6 Å². The number of hydrogen-bond acceptors (Lipinski definition) is 5. The molecule has 3 aromatic carbocycles. The van der Waals surface area contributed by atoms with Crippen molar-refractivity contribution in [3.8, 4) is 0 Å². The molecular weight excluding hydrogens is 427 g/mol. The molecule has 34 heavy (non-hydrogen) atoms. The molecule has 0 bridgehead atoms. The predicted octanol–water partition coefficient (Wildman–Crippen LogP) is 4.03. The second-order valence-corrected chi connectivity index (χ2v) is 8.72. The minimum atomic E-state index is -0.252. The molecule has 174 valence electrons. The first kappa shape index (κ1) is 22.3. The van der Waals surface area contributed by atoms with Gasteiger partial charge in [0.05, 0.1) is 24.0 Å². The van der Waals surface area contributed by atoms with Crippen LogP contribution in [0.1, 0.15) is 28.9 Å². The molecule has 7 heteroatoms. The first-order chi connectivity index (χ1) is 16.7. The van der Waals surface area contributed by atoms with Crippen molar-refractivity contribution in [2.75, 3.05) is 31.1 Å². The molecule has 0 aliphatic carbocycles. The second-order valence-electron chi connectivity index (χ2n) is 8.72. The van der Waals surface area contributed by atoms with Crippen LogP contribution in [0.2, 0.25) is 0 Å². The van der Waals surface area contributed by atoms with Crippen LogP contribution in [0.15, 0.2) is 91.1 Å². The molecule has 0 radical (unpaired) electrons. The first-order valence-electron chi connectivity index (χ1n) is 11.7. The Hall–Kier alpha value is -3.55. The van der Waals surface area contributed by atoms with E-state index in [0.29, 0.717) is 0 Å². The summed E-state index contributed by atoms with van der Waals surface area (Å²) in [7, 11) is 0. The van der Waals surface area contributed by atoms with Crippen LogP contribution in [0, 0.1) is 5.82 Å². The molecule has 2 N–H and O–H groups in total. The summed E-state index contributed by atoms with van der Waals surface area (Å²) in [6.45, 7) is 4.35. The molecule has 0 unspecified atom stereocenters. The third-order valence-electron chi connectivity index (χ3n) is 6.46. The van der Waals surface area contributed by atoms with Gasteiger partial charge in [-0.2, -0.15) is 0 Å². The zero-order valence-electron chi connectivity index (χ0n) is 19.0. The van der Waals surface area contributed by atoms with Crippen molar-refractivity contribution in [3.63, 3.8) is 0 Å². The van der Waals surface area contributed by atoms with E-state index in [-0.39, 0.29) is 17.9 Å². The van der Waals surface area contributed by atoms with Crippen LogP contribution in [-0.2, 0) is 6.54 Å². The molecular formula is C27H29FN6. The number of nitrogens with zero attached hydrogens (tertiary/aromatic N) is 5. The highest BCUT2D eigenvalue weighted by atomic mass is 19.1. The van der Waals surface area contributed by atoms with Crippen LogP contribution in [0.25, 0.3) is 0 Å². The minimum Gasteiger partial charge on any atom is -0.369 e. The van der Waals surface area contributed by atoms with E-state index in [1.54, 1.807) is 0 Å². The Labute approximate surface area is 199 Å². The Balaban J connectivity index is 1.28. The van der Waals surface area contributed by atoms with Crippen molar-refractivity contribution in [2.24, 2.45) is 5.73 Å². The summed E-state index contributed by atoms with van der Waals surface area (Å²) in [5, 5.41) is 8.97. The van der Waals surface area contributed by atoms with Crippen molar-refractivity contribution < 1.29 is 4.39 Å². The summed E-state index contributed by atoms with van der Waals surface area (Å²) < 4.78 is 15.1. The molecule has 5 rings (SSSR count). The number of rotatable bonds is 7. The highest BCUT2D eigenvalue weighted by Crippen LogP contribution is 2.30. The number of hydrogen-bond donors (Lipinski definition) is 1. The first-order valence-corrected chi connectivity index (χ1v) is 11.7. The van der Waals surface area contributed by atoms with Gasteiger partial charge in [0, 0.05) is 38.4 Å². The molecule has 4 aromatic rings. The average molecular weight is 457 g/mol. The lowest BCUT2D eigenvalue weighted by Gasteiger charge is -2.35. The summed E-state index contributed by atoms with van der Waals surface area (Å²) in [6, 6.07) is 26.7. The largest absolute Gasteiger partial charge is 0.369 e. The highest BCUT2D eigenvalue weighted by molar-refractivity contribution is 5.46. The zero-order chi connectivity index (χ0) is 23.3.